The van der Waals surface area contributed by atoms with Crippen LogP contribution in [0, 0.1) is 10.1 Å². The summed E-state index contributed by atoms with van der Waals surface area (Å²) in [6.07, 6.45) is -0.984. The molecule has 2 amide bonds. The van der Waals surface area contributed by atoms with E-state index < -0.39 is 22.9 Å². The highest BCUT2D eigenvalue weighted by atomic mass is 32.2. The molecule has 0 N–H and O–H groups in total. The minimum atomic E-state index is -0.984. The summed E-state index contributed by atoms with van der Waals surface area (Å²) in [4.78, 5) is 52.8. The zero-order chi connectivity index (χ0) is 28.8. The Morgan fingerprint density at radius 1 is 0.732 bits per heavy atom. The van der Waals surface area contributed by atoms with E-state index in [2.05, 4.69) is 0 Å². The molecule has 0 aromatic heterocycles. The summed E-state index contributed by atoms with van der Waals surface area (Å²) >= 11 is 2.50. The average Bonchev–Trinajstić information content (AvgIpc) is 3.21. The third-order valence-electron chi connectivity index (χ3n) is 5.73. The van der Waals surface area contributed by atoms with E-state index >= 15 is 0 Å². The highest BCUT2D eigenvalue weighted by molar-refractivity contribution is 8.08. The number of benzene rings is 4. The minimum absolute atomic E-state index is 0.0999. The molecule has 204 valence electrons. The number of imide groups is 1. The lowest BCUT2D eigenvalue weighted by molar-refractivity contribution is -0.384. The molecule has 11 heteroatoms. The van der Waals surface area contributed by atoms with Gasteiger partial charge in [-0.2, -0.15) is 0 Å². The fraction of sp³-hybridized carbons (Fsp3) is 0.0333. The molecule has 1 aliphatic rings. The zero-order valence-corrected chi connectivity index (χ0v) is 22.8. The number of amides is 2. The largest absolute Gasteiger partial charge is 0.514 e. The molecule has 41 heavy (non-hydrogen) atoms. The van der Waals surface area contributed by atoms with Gasteiger partial charge < -0.3 is 9.47 Å². The van der Waals surface area contributed by atoms with Crippen LogP contribution in [0.1, 0.15) is 5.56 Å². The van der Waals surface area contributed by atoms with E-state index in [9.17, 15) is 24.5 Å². The van der Waals surface area contributed by atoms with Crippen molar-refractivity contribution < 1.29 is 28.8 Å². The van der Waals surface area contributed by atoms with Crippen LogP contribution in [0.15, 0.2) is 129 Å². The number of nitrogens with zero attached hydrogens (tertiary/aromatic N) is 2. The smallest absolute Gasteiger partial charge is 0.429 e. The van der Waals surface area contributed by atoms with Crippen molar-refractivity contribution in [2.24, 2.45) is 0 Å². The van der Waals surface area contributed by atoms with Crippen LogP contribution in [0.3, 0.4) is 0 Å². The Bertz CT molecular complexity index is 1560. The minimum Gasteiger partial charge on any atom is -0.429 e. The first kappa shape index (κ1) is 27.7. The molecule has 4 aromatic rings. The molecular weight excluding hydrogens is 564 g/mol. The Labute approximate surface area is 242 Å². The van der Waals surface area contributed by atoms with Crippen LogP contribution in [0.2, 0.25) is 0 Å². The van der Waals surface area contributed by atoms with Crippen molar-refractivity contribution in [1.82, 2.24) is 0 Å². The van der Waals surface area contributed by atoms with Crippen LogP contribution in [0.5, 0.6) is 5.75 Å². The van der Waals surface area contributed by atoms with Crippen molar-refractivity contribution in [2.75, 3.05) is 4.90 Å². The Balaban J connectivity index is 1.27. The molecule has 0 spiro atoms. The number of anilines is 1. The highest BCUT2D eigenvalue weighted by Gasteiger charge is 2.40. The standard InChI is InChI=1S/C30H20N2O7S2/c33-28-26(40-24-7-3-1-4-8-24)27(41-25-9-5-2-6-10-25)29(34)31(28)21-13-11-20(12-14-21)19-38-30(35)39-23-17-15-22(16-18-23)32(36)37/h1-18H,19H2. The lowest BCUT2D eigenvalue weighted by Crippen LogP contribution is -2.31. The summed E-state index contributed by atoms with van der Waals surface area (Å²) in [5.41, 5.74) is 0.846. The molecule has 1 aliphatic heterocycles. The Morgan fingerprint density at radius 2 is 1.24 bits per heavy atom. The van der Waals surface area contributed by atoms with Gasteiger partial charge in [-0.15, -0.1) is 0 Å². The van der Waals surface area contributed by atoms with Gasteiger partial charge in [-0.1, -0.05) is 72.1 Å². The van der Waals surface area contributed by atoms with E-state index in [-0.39, 0.29) is 18.0 Å². The van der Waals surface area contributed by atoms with E-state index in [1.165, 1.54) is 47.8 Å². The lowest BCUT2D eigenvalue weighted by Gasteiger charge is -2.15. The van der Waals surface area contributed by atoms with Gasteiger partial charge in [0.2, 0.25) is 0 Å². The molecule has 0 aliphatic carbocycles. The zero-order valence-electron chi connectivity index (χ0n) is 21.2. The molecule has 0 bridgehead atoms. The van der Waals surface area contributed by atoms with Crippen molar-refractivity contribution in [3.05, 3.63) is 135 Å². The number of ether oxygens (including phenoxy) is 2. The molecule has 5 rings (SSSR count). The maximum absolute atomic E-state index is 13.5. The normalized spacial score (nSPS) is 12.9. The first-order chi connectivity index (χ1) is 19.9. The second-order valence-electron chi connectivity index (χ2n) is 8.49. The van der Waals surface area contributed by atoms with Crippen molar-refractivity contribution in [1.29, 1.82) is 0 Å². The maximum atomic E-state index is 13.5. The molecule has 9 nitrogen and oxygen atoms in total. The summed E-state index contributed by atoms with van der Waals surface area (Å²) in [5.74, 6) is -0.737. The second-order valence-corrected chi connectivity index (χ2v) is 10.7. The van der Waals surface area contributed by atoms with Gasteiger partial charge in [-0.3, -0.25) is 19.7 Å². The number of thioether (sulfide) groups is 2. The molecule has 0 radical (unpaired) electrons. The Morgan fingerprint density at radius 3 is 1.73 bits per heavy atom. The third-order valence-corrected chi connectivity index (χ3v) is 8.04. The van der Waals surface area contributed by atoms with Crippen LogP contribution < -0.4 is 9.64 Å². The number of nitro benzene ring substituents is 1. The number of carbonyl (C=O) groups is 3. The van der Waals surface area contributed by atoms with Crippen LogP contribution in [0.4, 0.5) is 16.2 Å². The molecule has 0 atom stereocenters. The van der Waals surface area contributed by atoms with Crippen LogP contribution >= 0.6 is 23.5 Å². The van der Waals surface area contributed by atoms with Crippen LogP contribution in [-0.4, -0.2) is 22.9 Å². The first-order valence-electron chi connectivity index (χ1n) is 12.2. The number of rotatable bonds is 9. The summed E-state index contributed by atoms with van der Waals surface area (Å²) in [7, 11) is 0. The van der Waals surface area contributed by atoms with Gasteiger partial charge >= 0.3 is 6.16 Å². The Kier molecular flexibility index (Phi) is 8.47. The molecule has 0 saturated heterocycles. The number of hydrogen-bond donors (Lipinski definition) is 0. The van der Waals surface area contributed by atoms with E-state index in [1.54, 1.807) is 24.3 Å². The number of hydrogen-bond acceptors (Lipinski definition) is 9. The SMILES string of the molecule is O=C(OCc1ccc(N2C(=O)C(Sc3ccccc3)=C(Sc3ccccc3)C2=O)cc1)Oc1ccc([N+](=O)[O-])cc1. The molecule has 4 aromatic carbocycles. The van der Waals surface area contributed by atoms with E-state index in [1.807, 2.05) is 60.7 Å². The van der Waals surface area contributed by atoms with Gasteiger partial charge in [-0.25, -0.2) is 9.69 Å². The Hall–Kier alpha value is -4.87. The van der Waals surface area contributed by atoms with E-state index in [0.29, 0.717) is 21.1 Å². The average molecular weight is 585 g/mol. The predicted octanol–water partition coefficient (Wildman–Crippen LogP) is 6.98. The predicted molar refractivity (Wildman–Crippen MR) is 154 cm³/mol. The summed E-state index contributed by atoms with van der Waals surface area (Å²) in [5, 5.41) is 10.7. The molecule has 0 unspecified atom stereocenters. The van der Waals surface area contributed by atoms with Crippen LogP contribution in [-0.2, 0) is 20.9 Å². The molecule has 0 saturated carbocycles. The fourth-order valence-corrected chi connectivity index (χ4v) is 5.79. The van der Waals surface area contributed by atoms with Gasteiger partial charge in [0.1, 0.15) is 12.4 Å². The third kappa shape index (κ3) is 6.65. The maximum Gasteiger partial charge on any atom is 0.514 e. The fourth-order valence-electron chi connectivity index (χ4n) is 3.76. The number of carbonyl (C=O) groups excluding carboxylic acids is 3. The molecule has 0 fully saturated rings. The van der Waals surface area contributed by atoms with Gasteiger partial charge in [0.15, 0.2) is 0 Å². The monoisotopic (exact) mass is 584 g/mol. The van der Waals surface area contributed by atoms with Crippen molar-refractivity contribution in [3.63, 3.8) is 0 Å². The first-order valence-corrected chi connectivity index (χ1v) is 13.8. The van der Waals surface area contributed by atoms with Gasteiger partial charge in [0, 0.05) is 21.9 Å². The van der Waals surface area contributed by atoms with E-state index in [0.717, 1.165) is 14.7 Å². The quantitative estimate of drug-likeness (QED) is 0.0675. The van der Waals surface area contributed by atoms with Gasteiger partial charge in [-0.05, 0) is 54.1 Å². The highest BCUT2D eigenvalue weighted by Crippen LogP contribution is 2.43. The van der Waals surface area contributed by atoms with Gasteiger partial charge in [0.05, 0.1) is 20.4 Å². The number of nitro groups is 1. The topological polar surface area (TPSA) is 116 Å². The van der Waals surface area contributed by atoms with Crippen LogP contribution in [0.25, 0.3) is 0 Å². The summed E-state index contributed by atoms with van der Waals surface area (Å²) < 4.78 is 10.2. The molecule has 1 heterocycles. The van der Waals surface area contributed by atoms with Crippen molar-refractivity contribution in [2.45, 2.75) is 16.4 Å². The van der Waals surface area contributed by atoms with Crippen molar-refractivity contribution >= 4 is 52.9 Å². The lowest BCUT2D eigenvalue weighted by atomic mass is 10.2. The second kappa shape index (κ2) is 12.5. The summed E-state index contributed by atoms with van der Waals surface area (Å²) in [6, 6.07) is 30.3. The van der Waals surface area contributed by atoms with Crippen molar-refractivity contribution in [3.8, 4) is 5.75 Å². The number of non-ortho nitro benzene ring substituents is 1. The molecular formula is C30H20N2O7S2. The summed E-state index contributed by atoms with van der Waals surface area (Å²) in [6.45, 7) is -0.129. The van der Waals surface area contributed by atoms with E-state index in [4.69, 9.17) is 9.47 Å². The van der Waals surface area contributed by atoms with Gasteiger partial charge in [0.25, 0.3) is 17.5 Å².